The van der Waals surface area contributed by atoms with Crippen LogP contribution in [-0.2, 0) is 14.6 Å². The molecule has 0 spiro atoms. The van der Waals surface area contributed by atoms with Crippen molar-refractivity contribution >= 4 is 15.7 Å². The second-order valence-electron chi connectivity index (χ2n) is 11.4. The molecule has 0 radical (unpaired) electrons. The molecule has 1 heterocycles. The van der Waals surface area contributed by atoms with E-state index in [0.29, 0.717) is 23.6 Å². The first-order valence-electron chi connectivity index (χ1n) is 11.8. The number of ether oxygens (including phenoxy) is 1. The number of benzene rings is 1. The van der Waals surface area contributed by atoms with Gasteiger partial charge in [0.25, 0.3) is 5.91 Å². The second-order valence-corrected chi connectivity index (χ2v) is 13.7. The first-order chi connectivity index (χ1) is 14.7. The van der Waals surface area contributed by atoms with Crippen molar-refractivity contribution in [3.05, 3.63) is 28.8 Å². The second kappa shape index (κ2) is 7.54. The van der Waals surface area contributed by atoms with Gasteiger partial charge in [0.2, 0.25) is 9.84 Å². The van der Waals surface area contributed by atoms with Crippen LogP contribution < -0.4 is 10.6 Å². The van der Waals surface area contributed by atoms with Gasteiger partial charge in [-0.1, -0.05) is 20.8 Å². The minimum Gasteiger partial charge on any atom is -0.353 e. The molecule has 1 aromatic carbocycles. The van der Waals surface area contributed by atoms with Gasteiger partial charge in [-0.15, -0.1) is 0 Å². The minimum atomic E-state index is -3.84. The molecule has 2 saturated carbocycles. The lowest BCUT2D eigenvalue weighted by Crippen LogP contribution is -2.55. The molecule has 2 aliphatic carbocycles. The predicted octanol–water partition coefficient (Wildman–Crippen LogP) is 3.75. The zero-order chi connectivity index (χ0) is 23.7. The molecule has 178 valence electrons. The molecule has 1 aliphatic heterocycles. The number of carbonyl (C=O) groups excluding carboxylic acids is 1. The third kappa shape index (κ3) is 3.51. The van der Waals surface area contributed by atoms with Crippen molar-refractivity contribution in [2.75, 3.05) is 13.1 Å². The molecule has 0 aromatic heterocycles. The Balaban J connectivity index is 1.68. The van der Waals surface area contributed by atoms with Crippen LogP contribution in [0.3, 0.4) is 0 Å². The van der Waals surface area contributed by atoms with Crippen LogP contribution in [0.5, 0.6) is 0 Å². The SMILES string of the molecule is Cc1cc(C(=O)NC2C(C)(C)[C@@H]3CC[C@@]2(C)C3)cc(S(=O)(=O)C2(C)CNCC(C)O2)c1C. The fourth-order valence-electron chi connectivity index (χ4n) is 6.52. The summed E-state index contributed by atoms with van der Waals surface area (Å²) in [5.41, 5.74) is 1.98. The number of sulfone groups is 1. The summed E-state index contributed by atoms with van der Waals surface area (Å²) in [4.78, 5) is 12.2. The van der Waals surface area contributed by atoms with Crippen molar-refractivity contribution in [3.8, 4) is 0 Å². The van der Waals surface area contributed by atoms with E-state index in [1.54, 1.807) is 26.0 Å². The van der Waals surface area contributed by atoms with Crippen molar-refractivity contribution in [2.45, 2.75) is 89.7 Å². The first-order valence-corrected chi connectivity index (χ1v) is 13.2. The summed E-state index contributed by atoms with van der Waals surface area (Å²) in [6.07, 6.45) is 3.27. The van der Waals surface area contributed by atoms with Crippen LogP contribution in [0.2, 0.25) is 0 Å². The Kier molecular flexibility index (Phi) is 5.58. The fraction of sp³-hybridized carbons (Fsp3) is 0.720. The standard InChI is InChI=1S/C25H38N2O4S/c1-15-10-18(21(28)27-22-23(4,5)19-8-9-24(22,6)12-19)11-20(17(15)3)32(29,30)25(7)14-26-13-16(2)31-25/h10-11,16,19,22,26H,8-9,12-14H2,1-7H3,(H,27,28)/t16?,19-,22?,24+,25?/m1/s1. The van der Waals surface area contributed by atoms with Crippen LogP contribution in [0, 0.1) is 30.6 Å². The number of carbonyl (C=O) groups is 1. The lowest BCUT2D eigenvalue weighted by molar-refractivity contribution is -0.0453. The Morgan fingerprint density at radius 1 is 1.19 bits per heavy atom. The van der Waals surface area contributed by atoms with Crippen LogP contribution in [0.1, 0.15) is 75.4 Å². The zero-order valence-electron chi connectivity index (χ0n) is 20.5. The van der Waals surface area contributed by atoms with Crippen LogP contribution >= 0.6 is 0 Å². The average molecular weight is 463 g/mol. The minimum absolute atomic E-state index is 0.0303. The highest BCUT2D eigenvalue weighted by Gasteiger charge is 2.59. The molecule has 3 fully saturated rings. The molecule has 5 atom stereocenters. The molecule has 1 saturated heterocycles. The Hall–Kier alpha value is -1.44. The predicted molar refractivity (Wildman–Crippen MR) is 125 cm³/mol. The number of aryl methyl sites for hydroxylation is 1. The van der Waals surface area contributed by atoms with E-state index >= 15 is 0 Å². The highest BCUT2D eigenvalue weighted by atomic mass is 32.2. The number of hydrogen-bond donors (Lipinski definition) is 2. The fourth-order valence-corrected chi connectivity index (χ4v) is 8.41. The topological polar surface area (TPSA) is 84.5 Å². The smallest absolute Gasteiger partial charge is 0.251 e. The van der Waals surface area contributed by atoms with Crippen molar-refractivity contribution in [3.63, 3.8) is 0 Å². The largest absolute Gasteiger partial charge is 0.353 e. The number of amides is 1. The Labute approximate surface area is 192 Å². The number of morpholine rings is 1. The summed E-state index contributed by atoms with van der Waals surface area (Å²) in [5.74, 6) is 0.420. The molecular formula is C25H38N2O4S. The number of nitrogens with one attached hydrogen (secondary N) is 2. The molecule has 7 heteroatoms. The zero-order valence-corrected chi connectivity index (χ0v) is 21.3. The maximum atomic E-state index is 13.7. The third-order valence-corrected chi connectivity index (χ3v) is 11.0. The van der Waals surface area contributed by atoms with E-state index in [9.17, 15) is 13.2 Å². The summed E-state index contributed by atoms with van der Waals surface area (Å²) >= 11 is 0. The van der Waals surface area contributed by atoms with Gasteiger partial charge in [0.1, 0.15) is 0 Å². The van der Waals surface area contributed by atoms with Gasteiger partial charge in [0, 0.05) is 24.7 Å². The molecule has 32 heavy (non-hydrogen) atoms. The monoisotopic (exact) mass is 462 g/mol. The molecule has 2 N–H and O–H groups in total. The van der Waals surface area contributed by atoms with E-state index in [1.807, 2.05) is 13.8 Å². The van der Waals surface area contributed by atoms with Gasteiger partial charge in [-0.2, -0.15) is 0 Å². The van der Waals surface area contributed by atoms with Crippen LogP contribution in [0.25, 0.3) is 0 Å². The summed E-state index contributed by atoms with van der Waals surface area (Å²) in [5, 5.41) is 6.47. The summed E-state index contributed by atoms with van der Waals surface area (Å²) < 4.78 is 33.3. The molecule has 4 rings (SSSR count). The van der Waals surface area contributed by atoms with Gasteiger partial charge >= 0.3 is 0 Å². The first kappa shape index (κ1) is 23.7. The Morgan fingerprint density at radius 2 is 1.88 bits per heavy atom. The van der Waals surface area contributed by atoms with E-state index in [0.717, 1.165) is 18.4 Å². The van der Waals surface area contributed by atoms with Gasteiger partial charge in [-0.3, -0.25) is 4.79 Å². The van der Waals surface area contributed by atoms with E-state index in [2.05, 4.69) is 31.4 Å². The van der Waals surface area contributed by atoms with Crippen LogP contribution in [0.4, 0.5) is 0 Å². The average Bonchev–Trinajstić information content (AvgIpc) is 3.17. The molecular weight excluding hydrogens is 424 g/mol. The van der Waals surface area contributed by atoms with Gasteiger partial charge in [-0.25, -0.2) is 8.42 Å². The van der Waals surface area contributed by atoms with Gasteiger partial charge < -0.3 is 15.4 Å². The molecule has 6 nitrogen and oxygen atoms in total. The van der Waals surface area contributed by atoms with Crippen molar-refractivity contribution in [1.29, 1.82) is 0 Å². The van der Waals surface area contributed by atoms with E-state index in [4.69, 9.17) is 4.74 Å². The molecule has 1 amide bonds. The Bertz CT molecular complexity index is 1050. The highest BCUT2D eigenvalue weighted by molar-refractivity contribution is 7.92. The van der Waals surface area contributed by atoms with E-state index < -0.39 is 14.8 Å². The summed E-state index contributed by atoms with van der Waals surface area (Å²) in [7, 11) is -3.84. The Morgan fingerprint density at radius 3 is 2.47 bits per heavy atom. The normalized spacial score (nSPS) is 36.3. The molecule has 2 bridgehead atoms. The number of fused-ring (bicyclic) bond motifs is 2. The highest BCUT2D eigenvalue weighted by Crippen LogP contribution is 2.62. The van der Waals surface area contributed by atoms with Gasteiger partial charge in [0.05, 0.1) is 11.0 Å². The van der Waals surface area contributed by atoms with Gasteiger partial charge in [-0.05, 0) is 87.0 Å². The summed E-state index contributed by atoms with van der Waals surface area (Å²) in [6.45, 7) is 14.7. The lowest BCUT2D eigenvalue weighted by atomic mass is 9.68. The van der Waals surface area contributed by atoms with Crippen molar-refractivity contribution < 1.29 is 17.9 Å². The number of rotatable bonds is 4. The van der Waals surface area contributed by atoms with E-state index in [1.165, 1.54) is 6.42 Å². The van der Waals surface area contributed by atoms with Crippen molar-refractivity contribution in [1.82, 2.24) is 10.6 Å². The van der Waals surface area contributed by atoms with E-state index in [-0.39, 0.29) is 40.3 Å². The molecule has 3 aliphatic rings. The van der Waals surface area contributed by atoms with Crippen LogP contribution in [0.15, 0.2) is 17.0 Å². The summed E-state index contributed by atoms with van der Waals surface area (Å²) in [6, 6.07) is 3.42. The van der Waals surface area contributed by atoms with Crippen molar-refractivity contribution in [2.24, 2.45) is 16.7 Å². The maximum absolute atomic E-state index is 13.7. The third-order valence-electron chi connectivity index (χ3n) is 8.61. The maximum Gasteiger partial charge on any atom is 0.251 e. The lowest BCUT2D eigenvalue weighted by Gasteiger charge is -2.43. The molecule has 1 aromatic rings. The van der Waals surface area contributed by atoms with Crippen LogP contribution in [-0.4, -0.2) is 44.5 Å². The van der Waals surface area contributed by atoms with Gasteiger partial charge in [0.15, 0.2) is 4.93 Å². The molecule has 3 unspecified atom stereocenters. The number of hydrogen-bond acceptors (Lipinski definition) is 5. The quantitative estimate of drug-likeness (QED) is 0.712.